The summed E-state index contributed by atoms with van der Waals surface area (Å²) in [6, 6.07) is 0. The van der Waals surface area contributed by atoms with Crippen molar-refractivity contribution in [3.63, 3.8) is 0 Å². The molecule has 0 spiro atoms. The maximum absolute atomic E-state index is 4.11. The molecule has 2 fully saturated rings. The second-order valence-corrected chi connectivity index (χ2v) is 4.67. The maximum atomic E-state index is 4.11. The summed E-state index contributed by atoms with van der Waals surface area (Å²) in [5, 5.41) is 1.71. The SMILES string of the molecule is C=C1C2CCC1C(C)S2. The van der Waals surface area contributed by atoms with Gasteiger partial charge in [0.15, 0.2) is 0 Å². The largest absolute Gasteiger partial charge is 0.150 e. The highest BCUT2D eigenvalue weighted by atomic mass is 32.2. The van der Waals surface area contributed by atoms with Crippen LogP contribution in [0.25, 0.3) is 0 Å². The van der Waals surface area contributed by atoms with Gasteiger partial charge in [0.25, 0.3) is 0 Å². The molecule has 2 bridgehead atoms. The zero-order valence-electron chi connectivity index (χ0n) is 5.76. The Hall–Kier alpha value is 0.0900. The van der Waals surface area contributed by atoms with Crippen LogP contribution < -0.4 is 0 Å². The first-order valence-corrected chi connectivity index (χ1v) is 4.57. The van der Waals surface area contributed by atoms with Crippen LogP contribution in [0.5, 0.6) is 0 Å². The lowest BCUT2D eigenvalue weighted by molar-refractivity contribution is 0.618. The highest BCUT2D eigenvalue weighted by Gasteiger charge is 2.40. The van der Waals surface area contributed by atoms with E-state index in [0.29, 0.717) is 0 Å². The van der Waals surface area contributed by atoms with Gasteiger partial charge in [0.2, 0.25) is 0 Å². The van der Waals surface area contributed by atoms with Gasteiger partial charge < -0.3 is 0 Å². The summed E-state index contributed by atoms with van der Waals surface area (Å²) in [6.45, 7) is 6.44. The second-order valence-electron chi connectivity index (χ2n) is 3.09. The van der Waals surface area contributed by atoms with E-state index in [9.17, 15) is 0 Å². The van der Waals surface area contributed by atoms with E-state index in [0.717, 1.165) is 16.4 Å². The molecule has 1 saturated heterocycles. The van der Waals surface area contributed by atoms with Crippen molar-refractivity contribution in [1.29, 1.82) is 0 Å². The van der Waals surface area contributed by atoms with Gasteiger partial charge in [0.1, 0.15) is 0 Å². The van der Waals surface area contributed by atoms with Gasteiger partial charge in [0, 0.05) is 10.5 Å². The predicted molar refractivity (Wildman–Crippen MR) is 42.7 cm³/mol. The first-order chi connectivity index (χ1) is 4.29. The summed E-state index contributed by atoms with van der Waals surface area (Å²) in [5.74, 6) is 0.875. The Morgan fingerprint density at radius 3 is 2.56 bits per heavy atom. The fraction of sp³-hybridized carbons (Fsp3) is 0.750. The third-order valence-electron chi connectivity index (χ3n) is 2.58. The zero-order chi connectivity index (χ0) is 6.43. The highest BCUT2D eigenvalue weighted by molar-refractivity contribution is 8.01. The van der Waals surface area contributed by atoms with Gasteiger partial charge in [0.05, 0.1) is 0 Å². The average Bonchev–Trinajstić information content (AvgIpc) is 2.25. The van der Waals surface area contributed by atoms with E-state index >= 15 is 0 Å². The first-order valence-electron chi connectivity index (χ1n) is 3.63. The Morgan fingerprint density at radius 2 is 2.33 bits per heavy atom. The lowest BCUT2D eigenvalue weighted by Crippen LogP contribution is -2.07. The zero-order valence-corrected chi connectivity index (χ0v) is 6.58. The molecular formula is C8H12S. The van der Waals surface area contributed by atoms with Gasteiger partial charge in [-0.05, 0) is 18.8 Å². The Balaban J connectivity index is 2.26. The quantitative estimate of drug-likeness (QED) is 0.466. The summed E-state index contributed by atoms with van der Waals surface area (Å²) in [4.78, 5) is 0. The van der Waals surface area contributed by atoms with E-state index in [-0.39, 0.29) is 0 Å². The maximum Gasteiger partial charge on any atom is 0.0260 e. The molecule has 0 N–H and O–H groups in total. The fourth-order valence-electron chi connectivity index (χ4n) is 1.99. The highest BCUT2D eigenvalue weighted by Crippen LogP contribution is 2.51. The Morgan fingerprint density at radius 1 is 1.56 bits per heavy atom. The third-order valence-corrected chi connectivity index (χ3v) is 4.20. The normalized spacial score (nSPS) is 48.6. The molecule has 1 heteroatoms. The lowest BCUT2D eigenvalue weighted by Gasteiger charge is -2.14. The Kier molecular flexibility index (Phi) is 1.16. The molecule has 1 saturated carbocycles. The molecule has 1 aliphatic heterocycles. The lowest BCUT2D eigenvalue weighted by atomic mass is 10.0. The van der Waals surface area contributed by atoms with E-state index in [4.69, 9.17) is 0 Å². The number of hydrogen-bond acceptors (Lipinski definition) is 1. The minimum atomic E-state index is 0.838. The van der Waals surface area contributed by atoms with Crippen molar-refractivity contribution < 1.29 is 0 Å². The molecule has 9 heavy (non-hydrogen) atoms. The van der Waals surface area contributed by atoms with E-state index < -0.39 is 0 Å². The van der Waals surface area contributed by atoms with E-state index in [2.05, 4.69) is 25.3 Å². The molecule has 1 heterocycles. The topological polar surface area (TPSA) is 0 Å². The molecular weight excluding hydrogens is 128 g/mol. The average molecular weight is 140 g/mol. The monoisotopic (exact) mass is 140 g/mol. The molecule has 1 aliphatic carbocycles. The minimum Gasteiger partial charge on any atom is -0.150 e. The summed E-state index contributed by atoms with van der Waals surface area (Å²) in [6.07, 6.45) is 2.82. The van der Waals surface area contributed by atoms with E-state index in [1.165, 1.54) is 18.4 Å². The Bertz CT molecular complexity index is 151. The fourth-order valence-corrected chi connectivity index (χ4v) is 3.63. The van der Waals surface area contributed by atoms with Crippen LogP contribution in [-0.4, -0.2) is 10.5 Å². The first kappa shape index (κ1) is 5.84. The van der Waals surface area contributed by atoms with Gasteiger partial charge in [-0.1, -0.05) is 19.1 Å². The van der Waals surface area contributed by atoms with Crippen LogP contribution in [0.4, 0.5) is 0 Å². The van der Waals surface area contributed by atoms with E-state index in [1.54, 1.807) is 0 Å². The molecule has 0 amide bonds. The molecule has 50 valence electrons. The molecule has 3 unspecified atom stereocenters. The van der Waals surface area contributed by atoms with Crippen LogP contribution in [0.15, 0.2) is 12.2 Å². The predicted octanol–water partition coefficient (Wildman–Crippen LogP) is 2.46. The summed E-state index contributed by atoms with van der Waals surface area (Å²) in [7, 11) is 0. The minimum absolute atomic E-state index is 0.838. The van der Waals surface area contributed by atoms with Crippen LogP contribution in [0, 0.1) is 5.92 Å². The summed E-state index contributed by atoms with van der Waals surface area (Å²) >= 11 is 2.12. The number of fused-ring (bicyclic) bond motifs is 2. The Labute approximate surface area is 60.7 Å². The molecule has 0 aromatic rings. The van der Waals surface area contributed by atoms with Crippen LogP contribution in [-0.2, 0) is 0 Å². The van der Waals surface area contributed by atoms with Gasteiger partial charge in [-0.3, -0.25) is 0 Å². The van der Waals surface area contributed by atoms with Crippen molar-refractivity contribution in [2.45, 2.75) is 30.3 Å². The van der Waals surface area contributed by atoms with Crippen LogP contribution in [0.1, 0.15) is 19.8 Å². The van der Waals surface area contributed by atoms with Crippen molar-refractivity contribution in [2.75, 3.05) is 0 Å². The van der Waals surface area contributed by atoms with Crippen molar-refractivity contribution in [3.8, 4) is 0 Å². The number of rotatable bonds is 0. The van der Waals surface area contributed by atoms with Crippen molar-refractivity contribution in [2.24, 2.45) is 5.92 Å². The van der Waals surface area contributed by atoms with E-state index in [1.807, 2.05) is 0 Å². The standard InChI is InChI=1S/C8H12S/c1-5-7-3-4-8(5)9-6(7)2/h6-8H,1,3-4H2,2H3. The molecule has 2 aliphatic rings. The molecule has 0 radical (unpaired) electrons. The van der Waals surface area contributed by atoms with Crippen molar-refractivity contribution in [3.05, 3.63) is 12.2 Å². The number of hydrogen-bond donors (Lipinski definition) is 0. The van der Waals surface area contributed by atoms with Gasteiger partial charge in [-0.15, -0.1) is 0 Å². The third kappa shape index (κ3) is 0.675. The van der Waals surface area contributed by atoms with Gasteiger partial charge in [-0.25, -0.2) is 0 Å². The smallest absolute Gasteiger partial charge is 0.0260 e. The van der Waals surface area contributed by atoms with Gasteiger partial charge >= 0.3 is 0 Å². The van der Waals surface area contributed by atoms with Crippen molar-refractivity contribution in [1.82, 2.24) is 0 Å². The molecule has 0 aromatic carbocycles. The summed E-state index contributed by atoms with van der Waals surface area (Å²) in [5.41, 5.74) is 1.53. The molecule has 2 rings (SSSR count). The molecule has 0 nitrogen and oxygen atoms in total. The van der Waals surface area contributed by atoms with Crippen LogP contribution in [0.3, 0.4) is 0 Å². The number of thioether (sulfide) groups is 1. The van der Waals surface area contributed by atoms with Crippen LogP contribution in [0.2, 0.25) is 0 Å². The van der Waals surface area contributed by atoms with Crippen LogP contribution >= 0.6 is 11.8 Å². The van der Waals surface area contributed by atoms with Gasteiger partial charge in [-0.2, -0.15) is 11.8 Å². The second kappa shape index (κ2) is 1.79. The summed E-state index contributed by atoms with van der Waals surface area (Å²) < 4.78 is 0. The molecule has 0 aromatic heterocycles. The van der Waals surface area contributed by atoms with Crippen molar-refractivity contribution >= 4 is 11.8 Å². The molecule has 3 atom stereocenters.